The highest BCUT2D eigenvalue weighted by molar-refractivity contribution is 7.99. The molecule has 0 aliphatic heterocycles. The summed E-state index contributed by atoms with van der Waals surface area (Å²) in [7, 11) is 0. The molecule has 4 nitrogen and oxygen atoms in total. The first-order chi connectivity index (χ1) is 9.12. The summed E-state index contributed by atoms with van der Waals surface area (Å²) in [5, 5.41) is 3.23. The Morgan fingerprint density at radius 2 is 2.11 bits per heavy atom. The number of thioether (sulfide) groups is 1. The molecule has 0 spiro atoms. The summed E-state index contributed by atoms with van der Waals surface area (Å²) >= 11 is 1.72. The number of hydrogen-bond donors (Lipinski definition) is 1. The zero-order chi connectivity index (χ0) is 14.1. The van der Waals surface area contributed by atoms with Gasteiger partial charge in [0.1, 0.15) is 5.54 Å². The predicted molar refractivity (Wildman–Crippen MR) is 78.3 cm³/mol. The molecule has 5 heteroatoms. The van der Waals surface area contributed by atoms with Gasteiger partial charge in [-0.05, 0) is 38.9 Å². The molecule has 0 saturated carbocycles. The second kappa shape index (κ2) is 8.17. The SMILES string of the molecule is CCNC(C)(CCSc1ccncc1)C(=O)OCC. The minimum Gasteiger partial charge on any atom is -0.465 e. The fraction of sp³-hybridized carbons (Fsp3) is 0.571. The smallest absolute Gasteiger partial charge is 0.326 e. The maximum Gasteiger partial charge on any atom is 0.326 e. The number of carbonyl (C=O) groups excluding carboxylic acids is 1. The topological polar surface area (TPSA) is 51.2 Å². The molecule has 0 fully saturated rings. The van der Waals surface area contributed by atoms with Gasteiger partial charge in [0, 0.05) is 23.0 Å². The molecule has 1 rings (SSSR count). The maximum atomic E-state index is 12.0. The lowest BCUT2D eigenvalue weighted by Crippen LogP contribution is -2.50. The summed E-state index contributed by atoms with van der Waals surface area (Å²) in [6.07, 6.45) is 4.28. The van der Waals surface area contributed by atoms with Gasteiger partial charge in [0.2, 0.25) is 0 Å². The Labute approximate surface area is 119 Å². The molecule has 1 atom stereocenters. The standard InChI is InChI=1S/C14H22N2O2S/c1-4-16-14(3,13(17)18-5-2)8-11-19-12-6-9-15-10-7-12/h6-7,9-10,16H,4-5,8,11H2,1-3H3. The van der Waals surface area contributed by atoms with Crippen LogP contribution in [0.3, 0.4) is 0 Å². The Kier molecular flexibility index (Phi) is 6.87. The summed E-state index contributed by atoms with van der Waals surface area (Å²) in [6, 6.07) is 3.94. The molecule has 0 aliphatic carbocycles. The molecule has 0 aliphatic rings. The quantitative estimate of drug-likeness (QED) is 0.586. The first-order valence-corrected chi connectivity index (χ1v) is 7.56. The van der Waals surface area contributed by atoms with Crippen LogP contribution in [0.15, 0.2) is 29.4 Å². The van der Waals surface area contributed by atoms with E-state index in [2.05, 4.69) is 10.3 Å². The van der Waals surface area contributed by atoms with E-state index in [0.717, 1.165) is 23.6 Å². The van der Waals surface area contributed by atoms with E-state index in [1.165, 1.54) is 0 Å². The van der Waals surface area contributed by atoms with Crippen molar-refractivity contribution < 1.29 is 9.53 Å². The molecule has 0 saturated heterocycles. The van der Waals surface area contributed by atoms with Crippen LogP contribution < -0.4 is 5.32 Å². The first-order valence-electron chi connectivity index (χ1n) is 6.57. The van der Waals surface area contributed by atoms with Crippen molar-refractivity contribution in [3.8, 4) is 0 Å². The van der Waals surface area contributed by atoms with Crippen LogP contribution in [0.4, 0.5) is 0 Å². The summed E-state index contributed by atoms with van der Waals surface area (Å²) < 4.78 is 5.14. The Balaban J connectivity index is 2.51. The monoisotopic (exact) mass is 282 g/mol. The van der Waals surface area contributed by atoms with Crippen molar-refractivity contribution in [1.29, 1.82) is 0 Å². The summed E-state index contributed by atoms with van der Waals surface area (Å²) in [5.74, 6) is 0.680. The molecule has 1 heterocycles. The average molecular weight is 282 g/mol. The van der Waals surface area contributed by atoms with Crippen LogP contribution in [0.25, 0.3) is 0 Å². The van der Waals surface area contributed by atoms with E-state index in [-0.39, 0.29) is 5.97 Å². The fourth-order valence-corrected chi connectivity index (χ4v) is 2.81. The van der Waals surface area contributed by atoms with Crippen LogP contribution in [0.5, 0.6) is 0 Å². The van der Waals surface area contributed by atoms with Gasteiger partial charge in [-0.1, -0.05) is 6.92 Å². The Morgan fingerprint density at radius 3 is 2.68 bits per heavy atom. The number of rotatable bonds is 8. The molecule has 1 N–H and O–H groups in total. The van der Waals surface area contributed by atoms with E-state index in [0.29, 0.717) is 6.61 Å². The Bertz CT molecular complexity index is 386. The average Bonchev–Trinajstić information content (AvgIpc) is 2.40. The van der Waals surface area contributed by atoms with Gasteiger partial charge in [-0.3, -0.25) is 9.78 Å². The molecule has 1 unspecified atom stereocenters. The van der Waals surface area contributed by atoms with Gasteiger partial charge in [-0.15, -0.1) is 11.8 Å². The number of nitrogens with zero attached hydrogens (tertiary/aromatic N) is 1. The number of likely N-dealkylation sites (N-methyl/N-ethyl adjacent to an activating group) is 1. The van der Waals surface area contributed by atoms with Crippen molar-refractivity contribution in [2.45, 2.75) is 37.6 Å². The first kappa shape index (κ1) is 16.0. The van der Waals surface area contributed by atoms with E-state index in [9.17, 15) is 4.79 Å². The lowest BCUT2D eigenvalue weighted by Gasteiger charge is -2.27. The minimum atomic E-state index is -0.606. The van der Waals surface area contributed by atoms with E-state index >= 15 is 0 Å². The number of pyridine rings is 1. The van der Waals surface area contributed by atoms with Gasteiger partial charge in [-0.25, -0.2) is 0 Å². The van der Waals surface area contributed by atoms with Crippen LogP contribution in [0.2, 0.25) is 0 Å². The summed E-state index contributed by atoms with van der Waals surface area (Å²) in [6.45, 7) is 6.89. The highest BCUT2D eigenvalue weighted by atomic mass is 32.2. The van der Waals surface area contributed by atoms with Crippen molar-refractivity contribution >= 4 is 17.7 Å². The van der Waals surface area contributed by atoms with Gasteiger partial charge in [0.15, 0.2) is 0 Å². The maximum absolute atomic E-state index is 12.0. The molecule has 19 heavy (non-hydrogen) atoms. The number of nitrogens with one attached hydrogen (secondary N) is 1. The van der Waals surface area contributed by atoms with E-state index < -0.39 is 5.54 Å². The van der Waals surface area contributed by atoms with Crippen LogP contribution in [0.1, 0.15) is 27.2 Å². The Morgan fingerprint density at radius 1 is 1.42 bits per heavy atom. The Hall–Kier alpha value is -1.07. The second-order valence-corrected chi connectivity index (χ2v) is 5.53. The lowest BCUT2D eigenvalue weighted by molar-refractivity contribution is -0.150. The lowest BCUT2D eigenvalue weighted by atomic mass is 9.99. The third-order valence-electron chi connectivity index (χ3n) is 2.81. The number of ether oxygens (including phenoxy) is 1. The second-order valence-electron chi connectivity index (χ2n) is 4.36. The number of aromatic nitrogens is 1. The highest BCUT2D eigenvalue weighted by Gasteiger charge is 2.33. The normalized spacial score (nSPS) is 13.8. The molecule has 1 aromatic rings. The van der Waals surface area contributed by atoms with Crippen LogP contribution in [-0.4, -0.2) is 35.4 Å². The number of esters is 1. The van der Waals surface area contributed by atoms with Crippen molar-refractivity contribution in [3.63, 3.8) is 0 Å². The number of carbonyl (C=O) groups is 1. The van der Waals surface area contributed by atoms with Crippen LogP contribution in [-0.2, 0) is 9.53 Å². The van der Waals surface area contributed by atoms with Gasteiger partial charge in [0.25, 0.3) is 0 Å². The molecular formula is C14H22N2O2S. The van der Waals surface area contributed by atoms with Crippen molar-refractivity contribution in [3.05, 3.63) is 24.5 Å². The fourth-order valence-electron chi connectivity index (χ4n) is 1.75. The van der Waals surface area contributed by atoms with Crippen molar-refractivity contribution in [2.24, 2.45) is 0 Å². The third kappa shape index (κ3) is 5.20. The highest BCUT2D eigenvalue weighted by Crippen LogP contribution is 2.22. The molecule has 0 bridgehead atoms. The number of hydrogen-bond acceptors (Lipinski definition) is 5. The molecule has 0 aromatic carbocycles. The summed E-state index contributed by atoms with van der Waals surface area (Å²) in [5.41, 5.74) is -0.606. The van der Waals surface area contributed by atoms with Gasteiger partial charge >= 0.3 is 5.97 Å². The van der Waals surface area contributed by atoms with Gasteiger partial charge in [-0.2, -0.15) is 0 Å². The molecule has 0 amide bonds. The van der Waals surface area contributed by atoms with Crippen molar-refractivity contribution in [2.75, 3.05) is 18.9 Å². The zero-order valence-electron chi connectivity index (χ0n) is 11.8. The molecule has 0 radical (unpaired) electrons. The van der Waals surface area contributed by atoms with Gasteiger partial charge in [0.05, 0.1) is 6.61 Å². The third-order valence-corrected chi connectivity index (χ3v) is 3.83. The van der Waals surface area contributed by atoms with Crippen LogP contribution in [0, 0.1) is 0 Å². The van der Waals surface area contributed by atoms with Gasteiger partial charge < -0.3 is 10.1 Å². The minimum absolute atomic E-state index is 0.174. The summed E-state index contributed by atoms with van der Waals surface area (Å²) in [4.78, 5) is 17.1. The molecular weight excluding hydrogens is 260 g/mol. The largest absolute Gasteiger partial charge is 0.465 e. The zero-order valence-corrected chi connectivity index (χ0v) is 12.6. The molecule has 1 aromatic heterocycles. The van der Waals surface area contributed by atoms with E-state index in [1.807, 2.05) is 32.9 Å². The van der Waals surface area contributed by atoms with E-state index in [4.69, 9.17) is 4.74 Å². The van der Waals surface area contributed by atoms with Crippen LogP contribution >= 0.6 is 11.8 Å². The molecule has 106 valence electrons. The van der Waals surface area contributed by atoms with Crippen molar-refractivity contribution in [1.82, 2.24) is 10.3 Å². The van der Waals surface area contributed by atoms with E-state index in [1.54, 1.807) is 24.2 Å². The predicted octanol–water partition coefficient (Wildman–Crippen LogP) is 2.50.